The van der Waals surface area contributed by atoms with Crippen LogP contribution in [0.3, 0.4) is 0 Å². The molecular weight excluding hydrogens is 214 g/mol. The zero-order valence-electron chi connectivity index (χ0n) is 10.6. The van der Waals surface area contributed by atoms with Gasteiger partial charge in [0, 0.05) is 6.54 Å². The van der Waals surface area contributed by atoms with Crippen LogP contribution in [0.15, 0.2) is 12.3 Å². The summed E-state index contributed by atoms with van der Waals surface area (Å²) in [5, 5.41) is 21.5. The molecule has 0 atom stereocenters. The van der Waals surface area contributed by atoms with Crippen molar-refractivity contribution in [2.45, 2.75) is 45.1 Å². The molecule has 1 aromatic heterocycles. The van der Waals surface area contributed by atoms with Crippen molar-refractivity contribution in [3.05, 3.63) is 17.8 Å². The maximum atomic E-state index is 10.4. The number of rotatable bonds is 3. The summed E-state index contributed by atoms with van der Waals surface area (Å²) in [7, 11) is 0. The average Bonchev–Trinajstić information content (AvgIpc) is 2.31. The molecule has 1 aliphatic rings. The van der Waals surface area contributed by atoms with E-state index >= 15 is 0 Å². The summed E-state index contributed by atoms with van der Waals surface area (Å²) >= 11 is 0. The SMILES string of the molecule is Cc1cnnc(NCC2(O)CCC(C)CC2)c1. The first-order chi connectivity index (χ1) is 8.07. The largest absolute Gasteiger partial charge is 0.388 e. The summed E-state index contributed by atoms with van der Waals surface area (Å²) in [4.78, 5) is 0. The molecule has 4 nitrogen and oxygen atoms in total. The van der Waals surface area contributed by atoms with Gasteiger partial charge in [-0.05, 0) is 50.2 Å². The van der Waals surface area contributed by atoms with Crippen LogP contribution in [0.2, 0.25) is 0 Å². The second kappa shape index (κ2) is 5.00. The van der Waals surface area contributed by atoms with E-state index in [-0.39, 0.29) is 0 Å². The number of aryl methyl sites for hydroxylation is 1. The Labute approximate surface area is 102 Å². The minimum Gasteiger partial charge on any atom is -0.388 e. The lowest BCUT2D eigenvalue weighted by Crippen LogP contribution is -2.40. The van der Waals surface area contributed by atoms with Crippen LogP contribution in [0, 0.1) is 12.8 Å². The molecular formula is C13H21N3O. The number of nitrogens with one attached hydrogen (secondary N) is 1. The Morgan fingerprint density at radius 1 is 1.47 bits per heavy atom. The van der Waals surface area contributed by atoms with Gasteiger partial charge in [0.05, 0.1) is 11.8 Å². The Hall–Kier alpha value is -1.16. The van der Waals surface area contributed by atoms with Crippen molar-refractivity contribution >= 4 is 5.82 Å². The molecule has 1 aliphatic carbocycles. The molecule has 2 N–H and O–H groups in total. The third kappa shape index (κ3) is 3.40. The highest BCUT2D eigenvalue weighted by Gasteiger charge is 2.31. The second-order valence-electron chi connectivity index (χ2n) is 5.38. The average molecular weight is 235 g/mol. The molecule has 0 aromatic carbocycles. The summed E-state index contributed by atoms with van der Waals surface area (Å²) in [6.45, 7) is 4.80. The molecule has 0 spiro atoms. The molecule has 0 amide bonds. The second-order valence-corrected chi connectivity index (χ2v) is 5.38. The summed E-state index contributed by atoms with van der Waals surface area (Å²) in [5.74, 6) is 1.49. The molecule has 0 saturated heterocycles. The van der Waals surface area contributed by atoms with E-state index in [0.717, 1.165) is 43.0 Å². The topological polar surface area (TPSA) is 58.0 Å². The van der Waals surface area contributed by atoms with E-state index < -0.39 is 5.60 Å². The van der Waals surface area contributed by atoms with Gasteiger partial charge in [-0.2, -0.15) is 5.10 Å². The van der Waals surface area contributed by atoms with E-state index in [1.54, 1.807) is 6.20 Å². The molecule has 0 radical (unpaired) electrons. The van der Waals surface area contributed by atoms with Crippen LogP contribution in [0.4, 0.5) is 5.82 Å². The summed E-state index contributed by atoms with van der Waals surface area (Å²) in [6.07, 6.45) is 5.69. The van der Waals surface area contributed by atoms with E-state index in [2.05, 4.69) is 22.4 Å². The summed E-state index contributed by atoms with van der Waals surface area (Å²) < 4.78 is 0. The highest BCUT2D eigenvalue weighted by Crippen LogP contribution is 2.31. The molecule has 0 aliphatic heterocycles. The Balaban J connectivity index is 1.89. The first-order valence-corrected chi connectivity index (χ1v) is 6.33. The van der Waals surface area contributed by atoms with Crippen LogP contribution in [0.1, 0.15) is 38.2 Å². The normalized spacial score (nSPS) is 29.0. The van der Waals surface area contributed by atoms with E-state index in [9.17, 15) is 5.11 Å². The van der Waals surface area contributed by atoms with Crippen molar-refractivity contribution in [3.63, 3.8) is 0 Å². The van der Waals surface area contributed by atoms with Crippen molar-refractivity contribution in [1.29, 1.82) is 0 Å². The highest BCUT2D eigenvalue weighted by atomic mass is 16.3. The lowest BCUT2D eigenvalue weighted by atomic mass is 9.79. The Morgan fingerprint density at radius 3 is 2.82 bits per heavy atom. The zero-order valence-corrected chi connectivity index (χ0v) is 10.6. The van der Waals surface area contributed by atoms with Gasteiger partial charge in [0.2, 0.25) is 0 Å². The quantitative estimate of drug-likeness (QED) is 0.842. The van der Waals surface area contributed by atoms with Gasteiger partial charge < -0.3 is 10.4 Å². The summed E-state index contributed by atoms with van der Waals surface area (Å²) in [6, 6.07) is 1.95. The van der Waals surface area contributed by atoms with Crippen molar-refractivity contribution < 1.29 is 5.11 Å². The van der Waals surface area contributed by atoms with Gasteiger partial charge in [-0.15, -0.1) is 5.10 Å². The zero-order chi connectivity index (χ0) is 12.3. The number of hydrogen-bond donors (Lipinski definition) is 2. The molecule has 0 unspecified atom stereocenters. The van der Waals surface area contributed by atoms with Crippen molar-refractivity contribution in [2.24, 2.45) is 5.92 Å². The number of aliphatic hydroxyl groups is 1. The van der Waals surface area contributed by atoms with Gasteiger partial charge in [0.1, 0.15) is 5.82 Å². The minimum atomic E-state index is -0.571. The summed E-state index contributed by atoms with van der Waals surface area (Å²) in [5.41, 5.74) is 0.504. The molecule has 0 bridgehead atoms. The number of nitrogens with zero attached hydrogens (tertiary/aromatic N) is 2. The van der Waals surface area contributed by atoms with E-state index in [1.165, 1.54) is 0 Å². The van der Waals surface area contributed by atoms with Crippen LogP contribution in [-0.4, -0.2) is 27.4 Å². The van der Waals surface area contributed by atoms with Crippen molar-refractivity contribution in [1.82, 2.24) is 10.2 Å². The van der Waals surface area contributed by atoms with E-state index in [4.69, 9.17) is 0 Å². The lowest BCUT2D eigenvalue weighted by molar-refractivity contribution is 0.00493. The lowest BCUT2D eigenvalue weighted by Gasteiger charge is -2.35. The molecule has 4 heteroatoms. The standard InChI is InChI=1S/C13H21N3O/c1-10-3-5-13(17,6-4-10)9-14-12-7-11(2)8-15-16-12/h7-8,10,17H,3-6,9H2,1-2H3,(H,14,16). The fourth-order valence-corrected chi connectivity index (χ4v) is 2.28. The third-order valence-corrected chi connectivity index (χ3v) is 3.59. The molecule has 94 valence electrons. The Kier molecular flexibility index (Phi) is 3.62. The molecule has 1 fully saturated rings. The number of anilines is 1. The van der Waals surface area contributed by atoms with Gasteiger partial charge in [0.25, 0.3) is 0 Å². The maximum absolute atomic E-state index is 10.4. The van der Waals surface area contributed by atoms with E-state index in [0.29, 0.717) is 6.54 Å². The molecule has 1 heterocycles. The van der Waals surface area contributed by atoms with Crippen LogP contribution < -0.4 is 5.32 Å². The molecule has 17 heavy (non-hydrogen) atoms. The maximum Gasteiger partial charge on any atom is 0.149 e. The fraction of sp³-hybridized carbons (Fsp3) is 0.692. The van der Waals surface area contributed by atoms with Crippen molar-refractivity contribution in [3.8, 4) is 0 Å². The van der Waals surface area contributed by atoms with Gasteiger partial charge in [-0.1, -0.05) is 6.92 Å². The minimum absolute atomic E-state index is 0.567. The van der Waals surface area contributed by atoms with Gasteiger partial charge in [-0.25, -0.2) is 0 Å². The van der Waals surface area contributed by atoms with Gasteiger partial charge >= 0.3 is 0 Å². The predicted molar refractivity (Wildman–Crippen MR) is 67.8 cm³/mol. The first kappa shape index (κ1) is 12.3. The van der Waals surface area contributed by atoms with E-state index in [1.807, 2.05) is 13.0 Å². The third-order valence-electron chi connectivity index (χ3n) is 3.59. The molecule has 1 aromatic rings. The fourth-order valence-electron chi connectivity index (χ4n) is 2.28. The molecule has 1 saturated carbocycles. The Morgan fingerprint density at radius 2 is 2.18 bits per heavy atom. The first-order valence-electron chi connectivity index (χ1n) is 6.33. The molecule has 2 rings (SSSR count). The predicted octanol–water partition coefficient (Wildman–Crippen LogP) is 2.14. The highest BCUT2D eigenvalue weighted by molar-refractivity contribution is 5.35. The van der Waals surface area contributed by atoms with Gasteiger partial charge in [0.15, 0.2) is 0 Å². The Bertz CT molecular complexity index is 373. The smallest absolute Gasteiger partial charge is 0.149 e. The van der Waals surface area contributed by atoms with Crippen LogP contribution in [-0.2, 0) is 0 Å². The van der Waals surface area contributed by atoms with Crippen LogP contribution in [0.25, 0.3) is 0 Å². The van der Waals surface area contributed by atoms with Crippen LogP contribution >= 0.6 is 0 Å². The van der Waals surface area contributed by atoms with Gasteiger partial charge in [-0.3, -0.25) is 0 Å². The monoisotopic (exact) mass is 235 g/mol. The van der Waals surface area contributed by atoms with Crippen LogP contribution in [0.5, 0.6) is 0 Å². The van der Waals surface area contributed by atoms with Crippen molar-refractivity contribution in [2.75, 3.05) is 11.9 Å². The number of hydrogen-bond acceptors (Lipinski definition) is 4. The number of aromatic nitrogens is 2.